The Bertz CT molecular complexity index is 652. The summed E-state index contributed by atoms with van der Waals surface area (Å²) in [5, 5.41) is 55.6. The predicted molar refractivity (Wildman–Crippen MR) is 74.0 cm³/mol. The first kappa shape index (κ1) is 20.8. The smallest absolute Gasteiger partial charge is 0.545 e. The Balaban J connectivity index is 0.000000403. The zero-order valence-corrected chi connectivity index (χ0v) is 13.8. The van der Waals surface area contributed by atoms with Gasteiger partial charge in [-0.15, -0.1) is 0 Å². The molecular formula is C14H10CaO8. The summed E-state index contributed by atoms with van der Waals surface area (Å²) in [4.78, 5) is 20.4. The van der Waals surface area contributed by atoms with Crippen LogP contribution in [0.2, 0.25) is 0 Å². The van der Waals surface area contributed by atoms with E-state index in [9.17, 15) is 19.8 Å². The van der Waals surface area contributed by atoms with Crippen molar-refractivity contribution in [2.45, 2.75) is 0 Å². The molecule has 23 heavy (non-hydrogen) atoms. The summed E-state index contributed by atoms with van der Waals surface area (Å²) in [5.41, 5.74) is -0.661. The monoisotopic (exact) mass is 346 g/mol. The van der Waals surface area contributed by atoms with Crippen molar-refractivity contribution in [3.63, 3.8) is 0 Å². The summed E-state index contributed by atoms with van der Waals surface area (Å²) in [6.45, 7) is 0. The number of carboxylic acids is 2. The zero-order valence-electron chi connectivity index (χ0n) is 11.6. The summed E-state index contributed by atoms with van der Waals surface area (Å²) >= 11 is 0. The topological polar surface area (TPSA) is 161 Å². The second-order valence-electron chi connectivity index (χ2n) is 3.98. The van der Waals surface area contributed by atoms with Gasteiger partial charge in [0.05, 0.1) is 11.9 Å². The van der Waals surface area contributed by atoms with Crippen LogP contribution >= 0.6 is 0 Å². The van der Waals surface area contributed by atoms with Crippen LogP contribution in [0.25, 0.3) is 0 Å². The minimum absolute atomic E-state index is 0. The van der Waals surface area contributed by atoms with Crippen molar-refractivity contribution in [2.75, 3.05) is 0 Å². The largest absolute Gasteiger partial charge is 2.00 e. The van der Waals surface area contributed by atoms with Crippen LogP contribution in [0.4, 0.5) is 0 Å². The van der Waals surface area contributed by atoms with Gasteiger partial charge in [0.15, 0.2) is 0 Å². The molecule has 4 N–H and O–H groups in total. The Kier molecular flexibility index (Phi) is 8.23. The van der Waals surface area contributed by atoms with Crippen LogP contribution in [0.15, 0.2) is 36.4 Å². The van der Waals surface area contributed by atoms with Crippen molar-refractivity contribution in [1.82, 2.24) is 0 Å². The first-order valence-electron chi connectivity index (χ1n) is 5.69. The first-order chi connectivity index (χ1) is 10.2. The van der Waals surface area contributed by atoms with Crippen LogP contribution < -0.4 is 10.2 Å². The Morgan fingerprint density at radius 1 is 0.696 bits per heavy atom. The van der Waals surface area contributed by atoms with Crippen molar-refractivity contribution in [2.24, 2.45) is 0 Å². The van der Waals surface area contributed by atoms with Crippen molar-refractivity contribution >= 4 is 49.7 Å². The number of hydrogen-bond donors (Lipinski definition) is 4. The molecule has 0 amide bonds. The Morgan fingerprint density at radius 3 is 1.22 bits per heavy atom. The molecule has 0 unspecified atom stereocenters. The fourth-order valence-electron chi connectivity index (χ4n) is 1.39. The van der Waals surface area contributed by atoms with Crippen molar-refractivity contribution in [3.8, 4) is 23.0 Å². The molecule has 0 aliphatic rings. The summed E-state index contributed by atoms with van der Waals surface area (Å²) in [7, 11) is 0. The molecule has 9 heteroatoms. The molecule has 0 bridgehead atoms. The SMILES string of the molecule is O=C([O-])c1ccc(O)cc1O.O=C([O-])c1ccc(O)cc1O.[Ca+2]. The first-order valence-corrected chi connectivity index (χ1v) is 5.69. The maximum absolute atomic E-state index is 10.2. The maximum Gasteiger partial charge on any atom is 2.00 e. The van der Waals surface area contributed by atoms with Gasteiger partial charge in [-0.2, -0.15) is 0 Å². The average Bonchev–Trinajstić information content (AvgIpc) is 2.38. The summed E-state index contributed by atoms with van der Waals surface area (Å²) in [6, 6.07) is 6.33. The number of rotatable bonds is 2. The quantitative estimate of drug-likeness (QED) is 0.480. The van der Waals surface area contributed by atoms with E-state index in [0.29, 0.717) is 0 Å². The average molecular weight is 346 g/mol. The van der Waals surface area contributed by atoms with Gasteiger partial charge in [0.1, 0.15) is 23.0 Å². The number of carboxylic acid groups (broad SMARTS) is 2. The molecule has 0 heterocycles. The fraction of sp³-hybridized carbons (Fsp3) is 0. The molecule has 0 aliphatic heterocycles. The number of carbonyl (C=O) groups excluding carboxylic acids is 2. The van der Waals surface area contributed by atoms with Crippen LogP contribution in [-0.2, 0) is 0 Å². The van der Waals surface area contributed by atoms with Gasteiger partial charge in [-0.3, -0.25) is 0 Å². The van der Waals surface area contributed by atoms with Gasteiger partial charge in [-0.05, 0) is 24.3 Å². The van der Waals surface area contributed by atoms with Crippen LogP contribution in [0, 0.1) is 0 Å². The Hall–Kier alpha value is -2.16. The van der Waals surface area contributed by atoms with E-state index in [1.165, 1.54) is 0 Å². The number of aromatic hydroxyl groups is 4. The molecule has 0 spiro atoms. The van der Waals surface area contributed by atoms with Gasteiger partial charge in [0.25, 0.3) is 0 Å². The van der Waals surface area contributed by atoms with E-state index in [4.69, 9.17) is 20.4 Å². The fourth-order valence-corrected chi connectivity index (χ4v) is 1.39. The summed E-state index contributed by atoms with van der Waals surface area (Å²) in [6.07, 6.45) is 0. The molecule has 0 atom stereocenters. The minimum atomic E-state index is -1.47. The molecule has 0 fully saturated rings. The molecule has 0 radical (unpaired) electrons. The molecule has 0 aromatic heterocycles. The van der Waals surface area contributed by atoms with Gasteiger partial charge in [0, 0.05) is 23.3 Å². The summed E-state index contributed by atoms with van der Waals surface area (Å²) in [5.74, 6) is -4.31. The molecule has 2 aromatic carbocycles. The zero-order chi connectivity index (χ0) is 16.9. The second-order valence-corrected chi connectivity index (χ2v) is 3.98. The molecule has 8 nitrogen and oxygen atoms in total. The van der Waals surface area contributed by atoms with Crippen LogP contribution in [0.1, 0.15) is 20.7 Å². The Morgan fingerprint density at radius 2 is 1.00 bits per heavy atom. The summed E-state index contributed by atoms with van der Waals surface area (Å²) < 4.78 is 0. The van der Waals surface area contributed by atoms with Crippen molar-refractivity contribution in [1.29, 1.82) is 0 Å². The van der Waals surface area contributed by atoms with Gasteiger partial charge in [-0.25, -0.2) is 0 Å². The van der Waals surface area contributed by atoms with E-state index in [-0.39, 0.29) is 60.4 Å². The number of benzene rings is 2. The van der Waals surface area contributed by atoms with Crippen LogP contribution in [-0.4, -0.2) is 70.1 Å². The van der Waals surface area contributed by atoms with Gasteiger partial charge < -0.3 is 40.2 Å². The van der Waals surface area contributed by atoms with E-state index in [1.807, 2.05) is 0 Å². The van der Waals surface area contributed by atoms with Crippen molar-refractivity contribution in [3.05, 3.63) is 47.5 Å². The maximum atomic E-state index is 10.2. The number of carbonyl (C=O) groups is 2. The molecule has 0 saturated heterocycles. The van der Waals surface area contributed by atoms with E-state index in [2.05, 4.69) is 0 Å². The van der Waals surface area contributed by atoms with E-state index in [0.717, 1.165) is 36.4 Å². The van der Waals surface area contributed by atoms with E-state index >= 15 is 0 Å². The van der Waals surface area contributed by atoms with Crippen LogP contribution in [0.5, 0.6) is 23.0 Å². The molecule has 2 rings (SSSR count). The van der Waals surface area contributed by atoms with Gasteiger partial charge >= 0.3 is 37.7 Å². The second kappa shape index (κ2) is 9.09. The number of phenols is 4. The van der Waals surface area contributed by atoms with Crippen LogP contribution in [0.3, 0.4) is 0 Å². The standard InChI is InChI=1S/2C7H6O4.Ca/c2*8-4-1-2-5(7(10)11)6(9)3-4;/h2*1-3,8-9H,(H,10,11);/q;;+2/p-2. The molecule has 116 valence electrons. The number of phenolic OH excluding ortho intramolecular Hbond substituents is 2. The van der Waals surface area contributed by atoms with E-state index < -0.39 is 23.4 Å². The molecule has 0 aliphatic carbocycles. The third-order valence-corrected chi connectivity index (χ3v) is 2.40. The van der Waals surface area contributed by atoms with Gasteiger partial charge in [0.2, 0.25) is 0 Å². The molecule has 2 aromatic rings. The molecule has 0 saturated carbocycles. The molecular weight excluding hydrogens is 336 g/mol. The van der Waals surface area contributed by atoms with Gasteiger partial charge in [-0.1, -0.05) is 0 Å². The third kappa shape index (κ3) is 6.23. The Labute approximate surface area is 159 Å². The normalized spacial score (nSPS) is 9.04. The third-order valence-electron chi connectivity index (χ3n) is 2.40. The minimum Gasteiger partial charge on any atom is -0.545 e. The van der Waals surface area contributed by atoms with Crippen molar-refractivity contribution < 1.29 is 40.2 Å². The predicted octanol–water partition coefficient (Wildman–Crippen LogP) is -1.46. The number of aromatic carboxylic acids is 2. The number of hydrogen-bond acceptors (Lipinski definition) is 8. The van der Waals surface area contributed by atoms with E-state index in [1.54, 1.807) is 0 Å².